The first-order valence-electron chi connectivity index (χ1n) is 6.08. The molecule has 2 aromatic carbocycles. The first-order chi connectivity index (χ1) is 9.65. The standard InChI is InChI=1S/C15H13NO4/c17-15(10-12-5-2-1-3-6-12)20-11-13-7-4-8-14(9-13)16(18)19/h1-9H,10-11H2. The van der Waals surface area contributed by atoms with Crippen LogP contribution in [0.4, 0.5) is 5.69 Å². The molecule has 0 N–H and O–H groups in total. The van der Waals surface area contributed by atoms with Gasteiger partial charge in [-0.3, -0.25) is 14.9 Å². The number of hydrogen-bond donors (Lipinski definition) is 0. The van der Waals surface area contributed by atoms with Gasteiger partial charge in [-0.25, -0.2) is 0 Å². The molecule has 0 bridgehead atoms. The minimum Gasteiger partial charge on any atom is -0.461 e. The Morgan fingerprint density at radius 3 is 2.45 bits per heavy atom. The number of nitrogens with zero attached hydrogens (tertiary/aromatic N) is 1. The minimum absolute atomic E-state index is 0.0124. The average molecular weight is 271 g/mol. The van der Waals surface area contributed by atoms with E-state index >= 15 is 0 Å². The maximum atomic E-state index is 11.6. The van der Waals surface area contributed by atoms with Gasteiger partial charge in [0, 0.05) is 12.1 Å². The van der Waals surface area contributed by atoms with Crippen molar-refractivity contribution >= 4 is 11.7 Å². The number of ether oxygens (including phenoxy) is 1. The van der Waals surface area contributed by atoms with Crippen LogP contribution in [-0.2, 0) is 22.6 Å². The fourth-order valence-corrected chi connectivity index (χ4v) is 1.74. The van der Waals surface area contributed by atoms with Crippen LogP contribution in [0.5, 0.6) is 0 Å². The van der Waals surface area contributed by atoms with Crippen molar-refractivity contribution in [1.82, 2.24) is 0 Å². The van der Waals surface area contributed by atoms with Crippen molar-refractivity contribution in [1.29, 1.82) is 0 Å². The van der Waals surface area contributed by atoms with E-state index in [0.29, 0.717) is 5.56 Å². The van der Waals surface area contributed by atoms with Gasteiger partial charge < -0.3 is 4.74 Å². The number of nitro groups is 1. The summed E-state index contributed by atoms with van der Waals surface area (Å²) in [6.45, 7) is 0.0351. The van der Waals surface area contributed by atoms with Crippen molar-refractivity contribution < 1.29 is 14.5 Å². The van der Waals surface area contributed by atoms with Crippen LogP contribution in [0.15, 0.2) is 54.6 Å². The molecule has 102 valence electrons. The van der Waals surface area contributed by atoms with Crippen LogP contribution in [0, 0.1) is 10.1 Å². The van der Waals surface area contributed by atoms with Crippen LogP contribution in [0.3, 0.4) is 0 Å². The summed E-state index contributed by atoms with van der Waals surface area (Å²) in [5.74, 6) is -0.359. The molecular weight excluding hydrogens is 258 g/mol. The van der Waals surface area contributed by atoms with E-state index in [2.05, 4.69) is 0 Å². The summed E-state index contributed by atoms with van der Waals surface area (Å²) in [6.07, 6.45) is 0.190. The molecule has 20 heavy (non-hydrogen) atoms. The molecule has 0 aromatic heterocycles. The molecule has 0 aliphatic rings. The highest BCUT2D eigenvalue weighted by Gasteiger charge is 2.08. The Balaban J connectivity index is 1.90. The molecule has 0 fully saturated rings. The Morgan fingerprint density at radius 2 is 1.75 bits per heavy atom. The van der Waals surface area contributed by atoms with E-state index in [9.17, 15) is 14.9 Å². The van der Waals surface area contributed by atoms with Crippen molar-refractivity contribution in [3.05, 3.63) is 75.8 Å². The summed E-state index contributed by atoms with van der Waals surface area (Å²) >= 11 is 0. The van der Waals surface area contributed by atoms with Gasteiger partial charge in [-0.2, -0.15) is 0 Å². The van der Waals surface area contributed by atoms with Gasteiger partial charge in [0.15, 0.2) is 0 Å². The van der Waals surface area contributed by atoms with E-state index in [1.165, 1.54) is 12.1 Å². The van der Waals surface area contributed by atoms with Crippen molar-refractivity contribution in [2.24, 2.45) is 0 Å². The summed E-state index contributed by atoms with van der Waals surface area (Å²) in [7, 11) is 0. The first-order valence-corrected chi connectivity index (χ1v) is 6.08. The smallest absolute Gasteiger partial charge is 0.310 e. The lowest BCUT2D eigenvalue weighted by atomic mass is 10.1. The van der Waals surface area contributed by atoms with Crippen molar-refractivity contribution in [3.8, 4) is 0 Å². The summed E-state index contributed by atoms with van der Waals surface area (Å²) in [6, 6.07) is 15.3. The lowest BCUT2D eigenvalue weighted by Crippen LogP contribution is -2.08. The van der Waals surface area contributed by atoms with Crippen LogP contribution < -0.4 is 0 Å². The molecule has 2 aromatic rings. The number of non-ortho nitro benzene ring substituents is 1. The Labute approximate surface area is 116 Å². The average Bonchev–Trinajstić information content (AvgIpc) is 2.46. The predicted molar refractivity (Wildman–Crippen MR) is 73.0 cm³/mol. The molecule has 0 saturated heterocycles. The number of nitro benzene ring substituents is 1. The molecule has 0 unspecified atom stereocenters. The van der Waals surface area contributed by atoms with E-state index < -0.39 is 4.92 Å². The molecule has 0 saturated carbocycles. The number of carbonyl (C=O) groups is 1. The lowest BCUT2D eigenvalue weighted by molar-refractivity contribution is -0.384. The zero-order valence-electron chi connectivity index (χ0n) is 10.7. The van der Waals surface area contributed by atoms with Crippen LogP contribution in [0.2, 0.25) is 0 Å². The van der Waals surface area contributed by atoms with Crippen LogP contribution in [-0.4, -0.2) is 10.9 Å². The van der Waals surface area contributed by atoms with Crippen molar-refractivity contribution in [3.63, 3.8) is 0 Å². The van der Waals surface area contributed by atoms with Gasteiger partial charge in [-0.1, -0.05) is 42.5 Å². The van der Waals surface area contributed by atoms with E-state index in [1.54, 1.807) is 12.1 Å². The molecule has 5 heteroatoms. The van der Waals surface area contributed by atoms with E-state index in [1.807, 2.05) is 30.3 Å². The van der Waals surface area contributed by atoms with Gasteiger partial charge in [-0.15, -0.1) is 0 Å². The van der Waals surface area contributed by atoms with Crippen molar-refractivity contribution in [2.75, 3.05) is 0 Å². The largest absolute Gasteiger partial charge is 0.461 e. The topological polar surface area (TPSA) is 69.4 Å². The van der Waals surface area contributed by atoms with Gasteiger partial charge >= 0.3 is 5.97 Å². The zero-order chi connectivity index (χ0) is 14.4. The van der Waals surface area contributed by atoms with E-state index in [4.69, 9.17) is 4.74 Å². The van der Waals surface area contributed by atoms with Crippen molar-refractivity contribution in [2.45, 2.75) is 13.0 Å². The molecule has 5 nitrogen and oxygen atoms in total. The second-order valence-corrected chi connectivity index (χ2v) is 4.25. The number of benzene rings is 2. The SMILES string of the molecule is O=C(Cc1ccccc1)OCc1cccc([N+](=O)[O-])c1. The monoisotopic (exact) mass is 271 g/mol. The summed E-state index contributed by atoms with van der Waals surface area (Å²) in [5, 5.41) is 10.6. The van der Waals surface area contributed by atoms with Crippen LogP contribution in [0.1, 0.15) is 11.1 Å². The Bertz CT molecular complexity index is 610. The molecule has 0 radical (unpaired) electrons. The second-order valence-electron chi connectivity index (χ2n) is 4.25. The third-order valence-corrected chi connectivity index (χ3v) is 2.71. The molecule has 0 heterocycles. The highest BCUT2D eigenvalue weighted by Crippen LogP contribution is 2.14. The maximum absolute atomic E-state index is 11.6. The Hall–Kier alpha value is -2.69. The number of esters is 1. The third kappa shape index (κ3) is 3.91. The number of rotatable bonds is 5. The molecular formula is C15H13NO4. The zero-order valence-corrected chi connectivity index (χ0v) is 10.7. The molecule has 0 atom stereocenters. The van der Waals surface area contributed by atoms with Gasteiger partial charge in [0.05, 0.1) is 11.3 Å². The van der Waals surface area contributed by atoms with Crippen LogP contribution >= 0.6 is 0 Å². The normalized spacial score (nSPS) is 10.0. The second kappa shape index (κ2) is 6.47. The van der Waals surface area contributed by atoms with Gasteiger partial charge in [0.2, 0.25) is 0 Å². The highest BCUT2D eigenvalue weighted by molar-refractivity contribution is 5.72. The summed E-state index contributed by atoms with van der Waals surface area (Å²) < 4.78 is 5.11. The predicted octanol–water partition coefficient (Wildman–Crippen LogP) is 2.88. The lowest BCUT2D eigenvalue weighted by Gasteiger charge is -2.05. The Morgan fingerprint density at radius 1 is 1.05 bits per heavy atom. The molecule has 0 amide bonds. The summed E-state index contributed by atoms with van der Waals surface area (Å²) in [5.41, 5.74) is 1.46. The third-order valence-electron chi connectivity index (χ3n) is 2.71. The van der Waals surface area contributed by atoms with E-state index in [0.717, 1.165) is 5.56 Å². The fraction of sp³-hybridized carbons (Fsp3) is 0.133. The van der Waals surface area contributed by atoms with Gasteiger partial charge in [0.25, 0.3) is 5.69 Å². The fourth-order valence-electron chi connectivity index (χ4n) is 1.74. The van der Waals surface area contributed by atoms with E-state index in [-0.39, 0.29) is 24.7 Å². The minimum atomic E-state index is -0.477. The molecule has 0 aliphatic heterocycles. The quantitative estimate of drug-likeness (QED) is 0.476. The summed E-state index contributed by atoms with van der Waals surface area (Å²) in [4.78, 5) is 21.8. The highest BCUT2D eigenvalue weighted by atomic mass is 16.6. The Kier molecular flexibility index (Phi) is 4.44. The molecule has 0 aliphatic carbocycles. The van der Waals surface area contributed by atoms with Crippen LogP contribution in [0.25, 0.3) is 0 Å². The van der Waals surface area contributed by atoms with Gasteiger partial charge in [0.1, 0.15) is 6.61 Å². The number of hydrogen-bond acceptors (Lipinski definition) is 4. The maximum Gasteiger partial charge on any atom is 0.310 e. The molecule has 0 spiro atoms. The number of carbonyl (C=O) groups excluding carboxylic acids is 1. The first kappa shape index (κ1) is 13.7. The van der Waals surface area contributed by atoms with Gasteiger partial charge in [-0.05, 0) is 11.1 Å². The molecule has 2 rings (SSSR count).